The van der Waals surface area contributed by atoms with Gasteiger partial charge < -0.3 is 10.2 Å². The maximum absolute atomic E-state index is 12.3. The highest BCUT2D eigenvalue weighted by atomic mass is 16.2. The summed E-state index contributed by atoms with van der Waals surface area (Å²) in [5.41, 5.74) is 0. The number of amides is 1. The largest absolute Gasteiger partial charge is 0.355 e. The highest BCUT2D eigenvalue weighted by Crippen LogP contribution is 2.21. The molecule has 1 fully saturated rings. The molecule has 1 atom stereocenters. The van der Waals surface area contributed by atoms with E-state index in [0.717, 1.165) is 25.2 Å². The molecule has 0 aromatic carbocycles. The lowest BCUT2D eigenvalue weighted by molar-refractivity contribution is -0.120. The number of hydrogen-bond acceptors (Lipinski definition) is 5. The van der Waals surface area contributed by atoms with Crippen LogP contribution in [0.25, 0.3) is 0 Å². The first-order valence-electron chi connectivity index (χ1n) is 7.04. The van der Waals surface area contributed by atoms with Gasteiger partial charge in [-0.15, -0.1) is 0 Å². The number of rotatable bonds is 3. The molecule has 3 heterocycles. The quantitative estimate of drug-likeness (QED) is 0.913. The van der Waals surface area contributed by atoms with E-state index in [0.29, 0.717) is 12.4 Å². The van der Waals surface area contributed by atoms with Gasteiger partial charge >= 0.3 is 0 Å². The highest BCUT2D eigenvalue weighted by molar-refractivity contribution is 5.92. The van der Waals surface area contributed by atoms with E-state index in [1.807, 2.05) is 13.2 Å². The summed E-state index contributed by atoms with van der Waals surface area (Å²) in [6.07, 6.45) is 8.72. The van der Waals surface area contributed by atoms with Crippen molar-refractivity contribution in [2.75, 3.05) is 23.3 Å². The average Bonchev–Trinajstić information content (AvgIpc) is 2.93. The van der Waals surface area contributed by atoms with Crippen LogP contribution in [0, 0.1) is 5.92 Å². The van der Waals surface area contributed by atoms with Crippen molar-refractivity contribution >= 4 is 17.5 Å². The summed E-state index contributed by atoms with van der Waals surface area (Å²) in [7, 11) is 1.83. The number of carbonyl (C=O) groups is 1. The normalized spacial score (nSPS) is 18.5. The molecule has 2 aromatic rings. The van der Waals surface area contributed by atoms with Crippen LogP contribution in [0.15, 0.2) is 30.9 Å². The molecule has 110 valence electrons. The van der Waals surface area contributed by atoms with Gasteiger partial charge in [-0.2, -0.15) is 5.10 Å². The monoisotopic (exact) mass is 286 g/mol. The Balaban J connectivity index is 1.64. The van der Waals surface area contributed by atoms with Gasteiger partial charge in [-0.1, -0.05) is 0 Å². The van der Waals surface area contributed by atoms with E-state index in [2.05, 4.69) is 25.3 Å². The zero-order valence-corrected chi connectivity index (χ0v) is 11.9. The summed E-state index contributed by atoms with van der Waals surface area (Å²) < 4.78 is 1.67. The van der Waals surface area contributed by atoms with Gasteiger partial charge in [0.05, 0.1) is 12.1 Å². The second-order valence-corrected chi connectivity index (χ2v) is 5.21. The van der Waals surface area contributed by atoms with Crippen molar-refractivity contribution in [2.45, 2.75) is 12.8 Å². The second kappa shape index (κ2) is 5.90. The van der Waals surface area contributed by atoms with Crippen molar-refractivity contribution in [2.24, 2.45) is 13.0 Å². The smallest absolute Gasteiger partial charge is 0.230 e. The van der Waals surface area contributed by atoms with Gasteiger partial charge in [0, 0.05) is 44.8 Å². The fraction of sp³-hybridized carbons (Fsp3) is 0.429. The van der Waals surface area contributed by atoms with E-state index in [4.69, 9.17) is 0 Å². The van der Waals surface area contributed by atoms with Crippen molar-refractivity contribution in [1.29, 1.82) is 0 Å². The number of aromatic nitrogens is 4. The summed E-state index contributed by atoms with van der Waals surface area (Å²) in [5, 5.41) is 7.04. The van der Waals surface area contributed by atoms with Crippen LogP contribution in [-0.2, 0) is 11.8 Å². The lowest BCUT2D eigenvalue weighted by Crippen LogP contribution is -2.41. The first kappa shape index (κ1) is 13.5. The van der Waals surface area contributed by atoms with Crippen LogP contribution in [0.5, 0.6) is 0 Å². The Hall–Kier alpha value is -2.44. The average molecular weight is 286 g/mol. The molecule has 1 aliphatic heterocycles. The lowest BCUT2D eigenvalue weighted by Gasteiger charge is -2.32. The summed E-state index contributed by atoms with van der Waals surface area (Å²) in [6, 6.07) is 1.79. The topological polar surface area (TPSA) is 75.9 Å². The molecule has 0 spiro atoms. The molecule has 1 saturated heterocycles. The third-order valence-electron chi connectivity index (χ3n) is 3.63. The first-order valence-corrected chi connectivity index (χ1v) is 7.04. The second-order valence-electron chi connectivity index (χ2n) is 5.21. The molecule has 0 saturated carbocycles. The minimum atomic E-state index is -0.0530. The molecule has 3 rings (SSSR count). The van der Waals surface area contributed by atoms with Gasteiger partial charge in [-0.3, -0.25) is 14.5 Å². The third-order valence-corrected chi connectivity index (χ3v) is 3.63. The minimum Gasteiger partial charge on any atom is -0.355 e. The number of nitrogens with zero attached hydrogens (tertiary/aromatic N) is 5. The predicted octanol–water partition coefficient (Wildman–Crippen LogP) is 1.07. The van der Waals surface area contributed by atoms with Gasteiger partial charge in [-0.25, -0.2) is 4.98 Å². The molecule has 1 amide bonds. The van der Waals surface area contributed by atoms with Crippen molar-refractivity contribution < 1.29 is 4.79 Å². The van der Waals surface area contributed by atoms with Crippen LogP contribution < -0.4 is 10.2 Å². The minimum absolute atomic E-state index is 0.0160. The number of hydrogen-bond donors (Lipinski definition) is 1. The molecule has 1 N–H and O–H groups in total. The van der Waals surface area contributed by atoms with Crippen LogP contribution in [-0.4, -0.2) is 38.7 Å². The van der Waals surface area contributed by atoms with Gasteiger partial charge in [0.25, 0.3) is 0 Å². The predicted molar refractivity (Wildman–Crippen MR) is 78.8 cm³/mol. The van der Waals surface area contributed by atoms with Crippen molar-refractivity contribution in [3.8, 4) is 0 Å². The van der Waals surface area contributed by atoms with E-state index < -0.39 is 0 Å². The van der Waals surface area contributed by atoms with Crippen LogP contribution in [0.2, 0.25) is 0 Å². The van der Waals surface area contributed by atoms with Crippen molar-refractivity contribution in [1.82, 2.24) is 19.7 Å². The zero-order chi connectivity index (χ0) is 14.7. The summed E-state index contributed by atoms with van der Waals surface area (Å²) in [6.45, 7) is 1.57. The van der Waals surface area contributed by atoms with Gasteiger partial charge in [-0.05, 0) is 12.8 Å². The Morgan fingerprint density at radius 2 is 2.33 bits per heavy atom. The van der Waals surface area contributed by atoms with E-state index in [1.54, 1.807) is 29.3 Å². The molecule has 2 aromatic heterocycles. The maximum atomic E-state index is 12.3. The Labute approximate surface area is 123 Å². The summed E-state index contributed by atoms with van der Waals surface area (Å²) in [4.78, 5) is 22.8. The fourth-order valence-corrected chi connectivity index (χ4v) is 2.56. The molecule has 21 heavy (non-hydrogen) atoms. The Morgan fingerprint density at radius 3 is 3.05 bits per heavy atom. The maximum Gasteiger partial charge on any atom is 0.230 e. The highest BCUT2D eigenvalue weighted by Gasteiger charge is 2.26. The van der Waals surface area contributed by atoms with E-state index in [1.165, 1.54) is 0 Å². The molecule has 0 aliphatic carbocycles. The fourth-order valence-electron chi connectivity index (χ4n) is 2.56. The van der Waals surface area contributed by atoms with Gasteiger partial charge in [0.15, 0.2) is 5.82 Å². The molecular weight excluding hydrogens is 268 g/mol. The van der Waals surface area contributed by atoms with Gasteiger partial charge in [0.2, 0.25) is 5.91 Å². The molecule has 0 bridgehead atoms. The lowest BCUT2D eigenvalue weighted by atomic mass is 9.97. The van der Waals surface area contributed by atoms with E-state index >= 15 is 0 Å². The Morgan fingerprint density at radius 1 is 1.43 bits per heavy atom. The molecule has 7 heteroatoms. The number of nitrogens with one attached hydrogen (secondary N) is 1. The number of piperidine rings is 1. The number of anilines is 2. The number of aryl methyl sites for hydroxylation is 1. The number of carbonyl (C=O) groups excluding carboxylic acids is 1. The van der Waals surface area contributed by atoms with Crippen LogP contribution in [0.3, 0.4) is 0 Å². The Kier molecular flexibility index (Phi) is 3.81. The first-order chi connectivity index (χ1) is 10.2. The van der Waals surface area contributed by atoms with Crippen LogP contribution >= 0.6 is 0 Å². The molecular formula is C14H18N6O. The van der Waals surface area contributed by atoms with Gasteiger partial charge in [0.1, 0.15) is 5.82 Å². The summed E-state index contributed by atoms with van der Waals surface area (Å²) >= 11 is 0. The van der Waals surface area contributed by atoms with E-state index in [9.17, 15) is 4.79 Å². The molecule has 0 unspecified atom stereocenters. The van der Waals surface area contributed by atoms with Crippen molar-refractivity contribution in [3.05, 3.63) is 30.9 Å². The molecule has 1 aliphatic rings. The SMILES string of the molecule is Cn1ccc(NC(=O)[C@H]2CCCN(c3cnccn3)C2)n1. The summed E-state index contributed by atoms with van der Waals surface area (Å²) in [5.74, 6) is 1.39. The van der Waals surface area contributed by atoms with Crippen LogP contribution in [0.4, 0.5) is 11.6 Å². The van der Waals surface area contributed by atoms with Crippen molar-refractivity contribution in [3.63, 3.8) is 0 Å². The zero-order valence-electron chi connectivity index (χ0n) is 11.9. The molecule has 7 nitrogen and oxygen atoms in total. The van der Waals surface area contributed by atoms with Crippen LogP contribution in [0.1, 0.15) is 12.8 Å². The van der Waals surface area contributed by atoms with E-state index in [-0.39, 0.29) is 11.8 Å². The Bertz CT molecular complexity index is 611. The molecule has 0 radical (unpaired) electrons. The third kappa shape index (κ3) is 3.18. The standard InChI is InChI=1S/C14H18N6O/c1-19-8-4-12(18-19)17-14(21)11-3-2-7-20(10-11)13-9-15-5-6-16-13/h4-6,8-9,11H,2-3,7,10H2,1H3,(H,17,18,21)/t11-/m0/s1.